The van der Waals surface area contributed by atoms with Crippen molar-refractivity contribution in [2.24, 2.45) is 0 Å². The molecule has 1 N–H and O–H groups in total. The average molecular weight is 358 g/mol. The second-order valence-corrected chi connectivity index (χ2v) is 6.90. The highest BCUT2D eigenvalue weighted by atomic mass is 16.5. The molecule has 1 aliphatic rings. The van der Waals surface area contributed by atoms with Gasteiger partial charge in [-0.1, -0.05) is 48.5 Å². The van der Waals surface area contributed by atoms with Gasteiger partial charge in [0.1, 0.15) is 5.75 Å². The van der Waals surface area contributed by atoms with E-state index in [0.29, 0.717) is 12.5 Å². The van der Waals surface area contributed by atoms with Crippen LogP contribution in [0, 0.1) is 0 Å². The Morgan fingerprint density at radius 1 is 0.815 bits per heavy atom. The molecule has 0 spiro atoms. The maximum absolute atomic E-state index is 10.9. The number of fused-ring (bicyclic) bond motifs is 3. The van der Waals surface area contributed by atoms with Gasteiger partial charge in [-0.25, -0.2) is 4.79 Å². The van der Waals surface area contributed by atoms with E-state index in [1.165, 1.54) is 22.3 Å². The first kappa shape index (κ1) is 17.3. The Balaban J connectivity index is 1.32. The number of hydrogen-bond acceptors (Lipinski definition) is 2. The summed E-state index contributed by atoms with van der Waals surface area (Å²) in [6, 6.07) is 24.0. The van der Waals surface area contributed by atoms with Crippen LogP contribution in [0.2, 0.25) is 0 Å². The van der Waals surface area contributed by atoms with Gasteiger partial charge >= 0.3 is 5.97 Å². The molecule has 1 aliphatic carbocycles. The monoisotopic (exact) mass is 358 g/mol. The molecule has 0 saturated heterocycles. The highest BCUT2D eigenvalue weighted by Crippen LogP contribution is 2.46. The van der Waals surface area contributed by atoms with Crippen LogP contribution in [0.15, 0.2) is 72.8 Å². The number of unbranched alkanes of at least 4 members (excludes halogenated alkanes) is 1. The molecule has 136 valence electrons. The van der Waals surface area contributed by atoms with E-state index in [1.807, 2.05) is 0 Å². The normalized spacial score (nSPS) is 12.4. The molecule has 0 amide bonds. The smallest absolute Gasteiger partial charge is 0.335 e. The van der Waals surface area contributed by atoms with Crippen molar-refractivity contribution in [3.8, 4) is 16.9 Å². The minimum atomic E-state index is -0.918. The maximum atomic E-state index is 10.9. The molecule has 0 heterocycles. The van der Waals surface area contributed by atoms with Gasteiger partial charge in [0, 0.05) is 5.92 Å². The topological polar surface area (TPSA) is 46.5 Å². The highest BCUT2D eigenvalue weighted by molar-refractivity contribution is 5.87. The third kappa shape index (κ3) is 3.59. The predicted molar refractivity (Wildman–Crippen MR) is 106 cm³/mol. The Bertz CT molecular complexity index is 898. The van der Waals surface area contributed by atoms with Crippen LogP contribution in [0.3, 0.4) is 0 Å². The lowest BCUT2D eigenvalue weighted by Crippen LogP contribution is -2.01. The predicted octanol–water partition coefficient (Wildman–Crippen LogP) is 5.75. The summed E-state index contributed by atoms with van der Waals surface area (Å²) in [6.07, 6.45) is 3.16. The van der Waals surface area contributed by atoms with Gasteiger partial charge in [0.15, 0.2) is 0 Å². The molecular formula is C24H22O3. The van der Waals surface area contributed by atoms with Crippen molar-refractivity contribution < 1.29 is 14.6 Å². The molecule has 0 aromatic heterocycles. The van der Waals surface area contributed by atoms with Crippen molar-refractivity contribution in [2.45, 2.75) is 25.2 Å². The lowest BCUT2D eigenvalue weighted by Gasteiger charge is -2.13. The van der Waals surface area contributed by atoms with Crippen LogP contribution in [0.1, 0.15) is 46.7 Å². The second kappa shape index (κ2) is 7.67. The quantitative estimate of drug-likeness (QED) is 0.547. The maximum Gasteiger partial charge on any atom is 0.335 e. The molecule has 0 bridgehead atoms. The molecule has 27 heavy (non-hydrogen) atoms. The van der Waals surface area contributed by atoms with E-state index in [0.717, 1.165) is 25.0 Å². The van der Waals surface area contributed by atoms with Crippen LogP contribution in [0.25, 0.3) is 11.1 Å². The van der Waals surface area contributed by atoms with Gasteiger partial charge in [0.25, 0.3) is 0 Å². The summed E-state index contributed by atoms with van der Waals surface area (Å²) in [4.78, 5) is 10.9. The fraction of sp³-hybridized carbons (Fsp3) is 0.208. The van der Waals surface area contributed by atoms with E-state index in [-0.39, 0.29) is 5.56 Å². The third-order valence-corrected chi connectivity index (χ3v) is 5.22. The summed E-state index contributed by atoms with van der Waals surface area (Å²) >= 11 is 0. The summed E-state index contributed by atoms with van der Waals surface area (Å²) < 4.78 is 5.75. The van der Waals surface area contributed by atoms with Crippen molar-refractivity contribution in [1.82, 2.24) is 0 Å². The van der Waals surface area contributed by atoms with Crippen LogP contribution in [-0.4, -0.2) is 17.7 Å². The zero-order chi connectivity index (χ0) is 18.6. The minimum Gasteiger partial charge on any atom is -0.494 e. The summed E-state index contributed by atoms with van der Waals surface area (Å²) in [7, 11) is 0. The zero-order valence-electron chi connectivity index (χ0n) is 15.1. The van der Waals surface area contributed by atoms with Gasteiger partial charge in [-0.2, -0.15) is 0 Å². The molecule has 0 unspecified atom stereocenters. The number of carbonyl (C=O) groups is 1. The molecule has 3 aromatic carbocycles. The number of rotatable bonds is 7. The standard InChI is InChI=1S/C24H22O3/c25-24(26)17-12-14-18(15-13-17)27-16-6-5-11-23-21-9-3-1-7-19(21)20-8-2-4-10-22(20)23/h1-4,7-10,12-15,23H,5-6,11,16H2,(H,25,26). The fourth-order valence-corrected chi connectivity index (χ4v) is 3.91. The van der Waals surface area contributed by atoms with E-state index in [4.69, 9.17) is 9.84 Å². The van der Waals surface area contributed by atoms with E-state index in [1.54, 1.807) is 24.3 Å². The third-order valence-electron chi connectivity index (χ3n) is 5.22. The van der Waals surface area contributed by atoms with Crippen LogP contribution in [-0.2, 0) is 0 Å². The van der Waals surface area contributed by atoms with E-state index in [9.17, 15) is 4.79 Å². The van der Waals surface area contributed by atoms with Crippen molar-refractivity contribution >= 4 is 5.97 Å². The first-order valence-electron chi connectivity index (χ1n) is 9.38. The van der Waals surface area contributed by atoms with Gasteiger partial charge < -0.3 is 9.84 Å². The second-order valence-electron chi connectivity index (χ2n) is 6.90. The molecule has 3 nitrogen and oxygen atoms in total. The van der Waals surface area contributed by atoms with Crippen molar-refractivity contribution in [3.05, 3.63) is 89.5 Å². The number of hydrogen-bond donors (Lipinski definition) is 1. The first-order valence-corrected chi connectivity index (χ1v) is 9.38. The number of carboxylic acid groups (broad SMARTS) is 1. The highest BCUT2D eigenvalue weighted by Gasteiger charge is 2.27. The largest absolute Gasteiger partial charge is 0.494 e. The SMILES string of the molecule is O=C(O)c1ccc(OCCCCC2c3ccccc3-c3ccccc32)cc1. The van der Waals surface area contributed by atoms with E-state index >= 15 is 0 Å². The fourth-order valence-electron chi connectivity index (χ4n) is 3.91. The molecule has 0 aliphatic heterocycles. The number of aromatic carboxylic acids is 1. The lowest BCUT2D eigenvalue weighted by molar-refractivity contribution is 0.0697. The molecule has 0 fully saturated rings. The van der Waals surface area contributed by atoms with Crippen molar-refractivity contribution in [2.75, 3.05) is 6.61 Å². The van der Waals surface area contributed by atoms with Crippen molar-refractivity contribution in [1.29, 1.82) is 0 Å². The molecule has 3 heteroatoms. The molecule has 0 atom stereocenters. The molecular weight excluding hydrogens is 336 g/mol. The summed E-state index contributed by atoms with van der Waals surface area (Å²) in [5.41, 5.74) is 5.88. The van der Waals surface area contributed by atoms with Crippen LogP contribution < -0.4 is 4.74 Å². The molecule has 3 aromatic rings. The number of benzene rings is 3. The lowest BCUT2D eigenvalue weighted by atomic mass is 9.92. The minimum absolute atomic E-state index is 0.279. The average Bonchev–Trinajstić information content (AvgIpc) is 3.02. The Labute approximate surface area is 159 Å². The van der Waals surface area contributed by atoms with Crippen molar-refractivity contribution in [3.63, 3.8) is 0 Å². The zero-order valence-corrected chi connectivity index (χ0v) is 15.1. The summed E-state index contributed by atoms with van der Waals surface area (Å²) in [6.45, 7) is 0.641. The van der Waals surface area contributed by atoms with E-state index < -0.39 is 5.97 Å². The summed E-state index contributed by atoms with van der Waals surface area (Å²) in [5, 5.41) is 8.92. The summed E-state index contributed by atoms with van der Waals surface area (Å²) in [5.74, 6) is 0.266. The van der Waals surface area contributed by atoms with Gasteiger partial charge in [-0.05, 0) is 65.8 Å². The Kier molecular flexibility index (Phi) is 4.93. The Morgan fingerprint density at radius 3 is 2.00 bits per heavy atom. The molecule has 0 saturated carbocycles. The Morgan fingerprint density at radius 2 is 1.41 bits per heavy atom. The Hall–Kier alpha value is -3.07. The van der Waals surface area contributed by atoms with Gasteiger partial charge in [-0.3, -0.25) is 0 Å². The van der Waals surface area contributed by atoms with Gasteiger partial charge in [0.05, 0.1) is 12.2 Å². The van der Waals surface area contributed by atoms with Gasteiger partial charge in [0.2, 0.25) is 0 Å². The number of carboxylic acids is 1. The molecule has 4 rings (SSSR count). The van der Waals surface area contributed by atoms with Gasteiger partial charge in [-0.15, -0.1) is 0 Å². The van der Waals surface area contributed by atoms with E-state index in [2.05, 4.69) is 48.5 Å². The van der Waals surface area contributed by atoms with Crippen LogP contribution >= 0.6 is 0 Å². The number of ether oxygens (including phenoxy) is 1. The van der Waals surface area contributed by atoms with Crippen LogP contribution in [0.4, 0.5) is 0 Å². The van der Waals surface area contributed by atoms with Crippen LogP contribution in [0.5, 0.6) is 5.75 Å². The molecule has 0 radical (unpaired) electrons. The first-order chi connectivity index (χ1) is 13.2.